The fourth-order valence-electron chi connectivity index (χ4n) is 0.531. The van der Waals surface area contributed by atoms with Crippen LogP contribution in [0.2, 0.25) is 0 Å². The third-order valence-electron chi connectivity index (χ3n) is 1.14. The summed E-state index contributed by atoms with van der Waals surface area (Å²) < 4.78 is 12.4. The third kappa shape index (κ3) is 0.960. The molecule has 0 radical (unpaired) electrons. The molecular weight excluding hydrogens is 121 g/mol. The average Bonchev–Trinajstić information content (AvgIpc) is 1.83. The summed E-state index contributed by atoms with van der Waals surface area (Å²) in [6.45, 7) is 0. The fourth-order valence-corrected chi connectivity index (χ4v) is 0.531. The van der Waals surface area contributed by atoms with Crippen LogP contribution in [0.15, 0.2) is 24.2 Å². The van der Waals surface area contributed by atoms with Crippen LogP contribution in [-0.2, 0) is 0 Å². The van der Waals surface area contributed by atoms with Gasteiger partial charge in [-0.2, -0.15) is 0 Å². The van der Waals surface area contributed by atoms with Crippen LogP contribution >= 0.6 is 0 Å². The van der Waals surface area contributed by atoms with Gasteiger partial charge in [0, 0.05) is 7.05 Å². The molecule has 0 unspecified atom stereocenters. The molecule has 9 heavy (non-hydrogen) atoms. The van der Waals surface area contributed by atoms with Crippen LogP contribution in [0.5, 0.6) is 0 Å². The Morgan fingerprint density at radius 2 is 2.33 bits per heavy atom. The molecule has 0 saturated carbocycles. The van der Waals surface area contributed by atoms with E-state index in [2.05, 4.69) is 0 Å². The molecule has 0 atom stereocenters. The second-order valence-corrected chi connectivity index (χ2v) is 1.75. The molecule has 2 N–H and O–H groups in total. The van der Waals surface area contributed by atoms with E-state index in [4.69, 9.17) is 5.73 Å². The van der Waals surface area contributed by atoms with Gasteiger partial charge in [-0.25, -0.2) is 5.01 Å². The van der Waals surface area contributed by atoms with Crippen molar-refractivity contribution < 1.29 is 4.48 Å². The van der Waals surface area contributed by atoms with Crippen molar-refractivity contribution in [1.82, 2.24) is 10.2 Å². The minimum atomic E-state index is 0.389. The number of halogens is 1. The molecule has 4 heteroatoms. The maximum absolute atomic E-state index is 12.4. The van der Waals surface area contributed by atoms with Crippen molar-refractivity contribution in [2.45, 2.75) is 0 Å². The van der Waals surface area contributed by atoms with Gasteiger partial charge in [0.25, 0.3) is 0 Å². The maximum Gasteiger partial charge on any atom is 0.120 e. The Balaban J connectivity index is 2.73. The van der Waals surface area contributed by atoms with Crippen LogP contribution in [0.3, 0.4) is 0 Å². The van der Waals surface area contributed by atoms with Gasteiger partial charge < -0.3 is 5.73 Å². The third-order valence-corrected chi connectivity index (χ3v) is 1.14. The van der Waals surface area contributed by atoms with E-state index in [-0.39, 0.29) is 0 Å². The smallest absolute Gasteiger partial charge is 0.120 e. The van der Waals surface area contributed by atoms with Crippen molar-refractivity contribution in [2.75, 3.05) is 7.05 Å². The molecule has 0 aliphatic carbocycles. The summed E-state index contributed by atoms with van der Waals surface area (Å²) in [5.74, 6) is 0.389. The second kappa shape index (κ2) is 1.97. The molecular formula is C5H8FN3. The highest BCUT2D eigenvalue weighted by Gasteiger charge is 2.08. The number of rotatable bonds is 0. The second-order valence-electron chi connectivity index (χ2n) is 1.75. The van der Waals surface area contributed by atoms with E-state index in [0.29, 0.717) is 11.1 Å². The average molecular weight is 129 g/mol. The number of hydrogen-bond donors (Lipinski definition) is 1. The quantitative estimate of drug-likeness (QED) is 0.479. The summed E-state index contributed by atoms with van der Waals surface area (Å²) in [5.41, 5.74) is 5.32. The largest absolute Gasteiger partial charge is 0.384 e. The Morgan fingerprint density at radius 3 is 2.78 bits per heavy atom. The van der Waals surface area contributed by atoms with Gasteiger partial charge in [-0.1, -0.05) is 4.48 Å². The van der Waals surface area contributed by atoms with E-state index in [1.165, 1.54) is 24.3 Å². The lowest BCUT2D eigenvalue weighted by Crippen LogP contribution is -2.33. The molecule has 50 valence electrons. The van der Waals surface area contributed by atoms with E-state index in [1.54, 1.807) is 6.08 Å². The Morgan fingerprint density at radius 1 is 1.67 bits per heavy atom. The molecule has 0 fully saturated rings. The van der Waals surface area contributed by atoms with Gasteiger partial charge in [0.1, 0.15) is 5.82 Å². The highest BCUT2D eigenvalue weighted by molar-refractivity contribution is 5.10. The SMILES string of the molecule is CN1C(N)=CC=CN1F. The highest BCUT2D eigenvalue weighted by Crippen LogP contribution is 2.06. The summed E-state index contributed by atoms with van der Waals surface area (Å²) in [6.07, 6.45) is 4.43. The Kier molecular flexibility index (Phi) is 1.30. The van der Waals surface area contributed by atoms with E-state index < -0.39 is 0 Å². The lowest BCUT2D eigenvalue weighted by atomic mass is 10.5. The summed E-state index contributed by atoms with van der Waals surface area (Å²) in [7, 11) is 1.54. The van der Waals surface area contributed by atoms with Gasteiger partial charge in [-0.15, -0.1) is 5.23 Å². The maximum atomic E-state index is 12.4. The van der Waals surface area contributed by atoms with Crippen molar-refractivity contribution in [3.8, 4) is 0 Å². The number of nitrogens with zero attached hydrogens (tertiary/aromatic N) is 2. The molecule has 1 aliphatic rings. The predicted octanol–water partition coefficient (Wildman–Crippen LogP) is 0.347. The van der Waals surface area contributed by atoms with E-state index in [9.17, 15) is 4.48 Å². The fraction of sp³-hybridized carbons (Fsp3) is 0.200. The number of allylic oxidation sites excluding steroid dienone is 2. The van der Waals surface area contributed by atoms with Gasteiger partial charge in [0.05, 0.1) is 6.20 Å². The first-order valence-electron chi connectivity index (χ1n) is 2.54. The van der Waals surface area contributed by atoms with Crippen LogP contribution in [0.1, 0.15) is 0 Å². The van der Waals surface area contributed by atoms with Gasteiger partial charge in [0.2, 0.25) is 0 Å². The highest BCUT2D eigenvalue weighted by atomic mass is 19.2. The lowest BCUT2D eigenvalue weighted by molar-refractivity contribution is -0.0905. The molecule has 1 heterocycles. The van der Waals surface area contributed by atoms with Gasteiger partial charge in [0.15, 0.2) is 0 Å². The van der Waals surface area contributed by atoms with E-state index >= 15 is 0 Å². The minimum Gasteiger partial charge on any atom is -0.384 e. The molecule has 0 saturated heterocycles. The topological polar surface area (TPSA) is 32.5 Å². The van der Waals surface area contributed by atoms with Crippen LogP contribution in [0.25, 0.3) is 0 Å². The molecule has 0 amide bonds. The minimum absolute atomic E-state index is 0.389. The zero-order valence-corrected chi connectivity index (χ0v) is 5.08. The summed E-state index contributed by atoms with van der Waals surface area (Å²) in [4.78, 5) is 0. The standard InChI is InChI=1S/C5H8FN3/c1-8-5(7)3-2-4-9(8)6/h2-4H,7H2,1H3. The summed E-state index contributed by atoms with van der Waals surface area (Å²) >= 11 is 0. The summed E-state index contributed by atoms with van der Waals surface area (Å²) in [5, 5.41) is 1.61. The Labute approximate surface area is 52.7 Å². The normalized spacial score (nSPS) is 18.2. The van der Waals surface area contributed by atoms with Gasteiger partial charge >= 0.3 is 0 Å². The first kappa shape index (κ1) is 5.94. The van der Waals surface area contributed by atoms with Crippen LogP contribution in [0, 0.1) is 0 Å². The van der Waals surface area contributed by atoms with Crippen molar-refractivity contribution in [3.05, 3.63) is 24.2 Å². The monoisotopic (exact) mass is 129 g/mol. The van der Waals surface area contributed by atoms with E-state index in [0.717, 1.165) is 0 Å². The molecule has 0 aromatic rings. The molecule has 3 nitrogen and oxygen atoms in total. The Bertz CT molecular complexity index is 164. The van der Waals surface area contributed by atoms with E-state index in [1.807, 2.05) is 0 Å². The van der Waals surface area contributed by atoms with Crippen molar-refractivity contribution in [2.24, 2.45) is 5.73 Å². The van der Waals surface area contributed by atoms with Crippen LogP contribution < -0.4 is 5.73 Å². The first-order valence-corrected chi connectivity index (χ1v) is 2.54. The lowest BCUT2D eigenvalue weighted by Gasteiger charge is -2.25. The van der Waals surface area contributed by atoms with Gasteiger partial charge in [-0.3, -0.25) is 0 Å². The molecule has 0 spiro atoms. The Hall–Kier alpha value is -1.19. The van der Waals surface area contributed by atoms with Crippen molar-refractivity contribution >= 4 is 0 Å². The number of nitrogens with two attached hydrogens (primary N) is 1. The molecule has 1 aliphatic heterocycles. The first-order chi connectivity index (χ1) is 4.22. The predicted molar refractivity (Wildman–Crippen MR) is 32.1 cm³/mol. The van der Waals surface area contributed by atoms with Crippen LogP contribution in [-0.4, -0.2) is 17.3 Å². The van der Waals surface area contributed by atoms with Gasteiger partial charge in [-0.05, 0) is 12.2 Å². The molecule has 0 aromatic carbocycles. The zero-order valence-electron chi connectivity index (χ0n) is 5.08. The summed E-state index contributed by atoms with van der Waals surface area (Å²) in [6, 6.07) is 0. The number of hydrazine groups is 1. The molecule has 1 rings (SSSR count). The zero-order chi connectivity index (χ0) is 6.85. The van der Waals surface area contributed by atoms with Crippen molar-refractivity contribution in [1.29, 1.82) is 0 Å². The number of hydrogen-bond acceptors (Lipinski definition) is 3. The molecule has 0 bridgehead atoms. The van der Waals surface area contributed by atoms with Crippen molar-refractivity contribution in [3.63, 3.8) is 0 Å². The van der Waals surface area contributed by atoms with Crippen LogP contribution in [0.4, 0.5) is 4.48 Å². The molecule has 0 aromatic heterocycles.